The largest absolute Gasteiger partial charge is 0.508 e. The maximum atomic E-state index is 13.7. The van der Waals surface area contributed by atoms with Gasteiger partial charge in [0.05, 0.1) is 11.7 Å². The van der Waals surface area contributed by atoms with Gasteiger partial charge in [0.15, 0.2) is 28.7 Å². The average molecular weight is 493 g/mol. The highest BCUT2D eigenvalue weighted by Gasteiger charge is 2.62. The number of hydrogen-bond donors (Lipinski definition) is 5. The molecule has 2 aromatic carbocycles. The molecule has 36 heavy (non-hydrogen) atoms. The first-order chi connectivity index (χ1) is 17.1. The molecule has 2 unspecified atom stereocenters. The standard InChI is InChI=1S/C26H23NO9/c27-25(33)21-16(29)8-12-5-11-6-14-13(10-1-4-17-18(7-10)36-9-35-17)2-3-15(28)20(14)22(30)19(11)23(31)26(12,34)24(21)32/h1-4,7,11-12,16,21,28-29,31,34H,5-6,8-9H2,(H2,27,33)/t11-,12+,16?,21?,26+/m1/s1. The Balaban J connectivity index is 1.49. The van der Waals surface area contributed by atoms with Crippen LogP contribution in [-0.4, -0.2) is 56.4 Å². The molecule has 1 fully saturated rings. The summed E-state index contributed by atoms with van der Waals surface area (Å²) < 4.78 is 10.8. The third-order valence-electron chi connectivity index (χ3n) is 7.96. The number of aliphatic hydroxyl groups is 3. The lowest BCUT2D eigenvalue weighted by Crippen LogP contribution is -2.63. The Bertz CT molecular complexity index is 1400. The van der Waals surface area contributed by atoms with Crippen LogP contribution in [0.3, 0.4) is 0 Å². The number of benzene rings is 2. The number of phenols is 1. The van der Waals surface area contributed by atoms with E-state index < -0.39 is 52.7 Å². The second kappa shape index (κ2) is 7.55. The predicted molar refractivity (Wildman–Crippen MR) is 122 cm³/mol. The van der Waals surface area contributed by atoms with Gasteiger partial charge in [0.1, 0.15) is 17.4 Å². The smallest absolute Gasteiger partial charge is 0.231 e. The zero-order valence-electron chi connectivity index (χ0n) is 18.9. The summed E-state index contributed by atoms with van der Waals surface area (Å²) in [6, 6.07) is 8.41. The van der Waals surface area contributed by atoms with E-state index in [0.717, 1.165) is 5.56 Å². The Kier molecular flexibility index (Phi) is 4.73. The van der Waals surface area contributed by atoms with E-state index in [-0.39, 0.29) is 42.9 Å². The number of carbonyl (C=O) groups is 3. The second-order valence-electron chi connectivity index (χ2n) is 9.79. The highest BCUT2D eigenvalue weighted by molar-refractivity contribution is 6.16. The van der Waals surface area contributed by atoms with Crippen LogP contribution in [0.2, 0.25) is 0 Å². The molecule has 0 saturated heterocycles. The second-order valence-corrected chi connectivity index (χ2v) is 9.79. The molecule has 10 heteroatoms. The van der Waals surface area contributed by atoms with Crippen molar-refractivity contribution in [3.63, 3.8) is 0 Å². The Morgan fingerprint density at radius 1 is 1.06 bits per heavy atom. The van der Waals surface area contributed by atoms with Crippen LogP contribution < -0.4 is 15.2 Å². The number of amides is 1. The Morgan fingerprint density at radius 3 is 2.56 bits per heavy atom. The molecule has 1 amide bonds. The number of carbonyl (C=O) groups excluding carboxylic acids is 3. The van der Waals surface area contributed by atoms with Gasteiger partial charge in [-0.3, -0.25) is 14.4 Å². The number of Topliss-reactive ketones (excluding diaryl/α,β-unsaturated/α-hetero) is 2. The lowest BCUT2D eigenvalue weighted by molar-refractivity contribution is -0.167. The molecular formula is C26H23NO9. The van der Waals surface area contributed by atoms with Crippen molar-refractivity contribution < 1.29 is 44.3 Å². The maximum absolute atomic E-state index is 13.7. The molecular weight excluding hydrogens is 470 g/mol. The van der Waals surface area contributed by atoms with Crippen molar-refractivity contribution >= 4 is 17.5 Å². The lowest BCUT2D eigenvalue weighted by Gasteiger charge is -2.48. The fraction of sp³-hybridized carbons (Fsp3) is 0.346. The summed E-state index contributed by atoms with van der Waals surface area (Å²) >= 11 is 0. The molecule has 10 nitrogen and oxygen atoms in total. The molecule has 4 aliphatic rings. The molecule has 3 aliphatic carbocycles. The molecule has 186 valence electrons. The fourth-order valence-corrected chi connectivity index (χ4v) is 6.26. The van der Waals surface area contributed by atoms with Crippen LogP contribution in [-0.2, 0) is 16.0 Å². The molecule has 0 spiro atoms. The quantitative estimate of drug-likeness (QED) is 0.384. The van der Waals surface area contributed by atoms with E-state index in [1.807, 2.05) is 6.07 Å². The van der Waals surface area contributed by atoms with E-state index >= 15 is 0 Å². The van der Waals surface area contributed by atoms with Gasteiger partial charge in [-0.05, 0) is 60.1 Å². The first kappa shape index (κ1) is 22.6. The number of primary amides is 1. The zero-order valence-corrected chi connectivity index (χ0v) is 18.9. The first-order valence-electron chi connectivity index (χ1n) is 11.6. The third-order valence-corrected chi connectivity index (χ3v) is 7.96. The molecule has 1 aliphatic heterocycles. The highest BCUT2D eigenvalue weighted by Crippen LogP contribution is 2.52. The number of phenolic OH excluding ortho intramolecular Hbond substituents is 1. The molecule has 0 radical (unpaired) electrons. The molecule has 1 heterocycles. The highest BCUT2D eigenvalue weighted by atomic mass is 16.7. The summed E-state index contributed by atoms with van der Waals surface area (Å²) in [6.45, 7) is 0.103. The van der Waals surface area contributed by atoms with Crippen LogP contribution in [0.1, 0.15) is 28.8 Å². The number of rotatable bonds is 2. The van der Waals surface area contributed by atoms with E-state index in [1.54, 1.807) is 18.2 Å². The number of hydrogen-bond acceptors (Lipinski definition) is 9. The van der Waals surface area contributed by atoms with Gasteiger partial charge in [-0.15, -0.1) is 0 Å². The van der Waals surface area contributed by atoms with Crippen LogP contribution in [0.25, 0.3) is 11.1 Å². The fourth-order valence-electron chi connectivity index (χ4n) is 6.26. The Labute approximate surface area is 204 Å². The molecule has 6 rings (SSSR count). The van der Waals surface area contributed by atoms with Crippen LogP contribution >= 0.6 is 0 Å². The number of nitrogens with two attached hydrogens (primary N) is 1. The summed E-state index contributed by atoms with van der Waals surface area (Å²) in [5.74, 6) is -6.16. The van der Waals surface area contributed by atoms with Gasteiger partial charge in [0, 0.05) is 11.5 Å². The Morgan fingerprint density at radius 2 is 1.81 bits per heavy atom. The van der Waals surface area contributed by atoms with Crippen molar-refractivity contribution in [2.75, 3.05) is 6.79 Å². The average Bonchev–Trinajstić information content (AvgIpc) is 3.29. The number of ether oxygens (including phenoxy) is 2. The predicted octanol–water partition coefficient (Wildman–Crippen LogP) is 1.14. The number of ketones is 2. The van der Waals surface area contributed by atoms with E-state index in [4.69, 9.17) is 15.2 Å². The third kappa shape index (κ3) is 2.88. The number of fused-ring (bicyclic) bond motifs is 4. The lowest BCUT2D eigenvalue weighted by atomic mass is 9.57. The summed E-state index contributed by atoms with van der Waals surface area (Å²) in [5, 5.41) is 43.5. The summed E-state index contributed by atoms with van der Waals surface area (Å²) in [7, 11) is 0. The molecule has 0 aromatic heterocycles. The topological polar surface area (TPSA) is 177 Å². The van der Waals surface area contributed by atoms with E-state index in [1.165, 1.54) is 6.07 Å². The summed E-state index contributed by atoms with van der Waals surface area (Å²) in [5.41, 5.74) is 4.53. The molecule has 2 aromatic rings. The van der Waals surface area contributed by atoms with Crippen molar-refractivity contribution in [3.8, 4) is 28.4 Å². The minimum atomic E-state index is -2.53. The van der Waals surface area contributed by atoms with E-state index in [9.17, 15) is 34.8 Å². The maximum Gasteiger partial charge on any atom is 0.231 e. The minimum Gasteiger partial charge on any atom is -0.508 e. The monoisotopic (exact) mass is 493 g/mol. The van der Waals surface area contributed by atoms with E-state index in [0.29, 0.717) is 22.6 Å². The van der Waals surface area contributed by atoms with Crippen LogP contribution in [0.5, 0.6) is 17.2 Å². The van der Waals surface area contributed by atoms with Crippen molar-refractivity contribution in [1.82, 2.24) is 0 Å². The molecule has 0 bridgehead atoms. The normalized spacial score (nSPS) is 30.5. The zero-order chi connectivity index (χ0) is 25.5. The number of aliphatic hydroxyl groups excluding tert-OH is 2. The molecule has 1 saturated carbocycles. The van der Waals surface area contributed by atoms with Gasteiger partial charge < -0.3 is 35.6 Å². The molecule has 5 atom stereocenters. The van der Waals surface area contributed by atoms with Crippen molar-refractivity contribution in [2.24, 2.45) is 23.5 Å². The number of aromatic hydroxyl groups is 1. The first-order valence-corrected chi connectivity index (χ1v) is 11.6. The summed E-state index contributed by atoms with van der Waals surface area (Å²) in [6.07, 6.45) is -1.23. The van der Waals surface area contributed by atoms with Crippen molar-refractivity contribution in [2.45, 2.75) is 31.0 Å². The Hall–Kier alpha value is -3.89. The van der Waals surface area contributed by atoms with Gasteiger partial charge in [-0.1, -0.05) is 12.1 Å². The van der Waals surface area contributed by atoms with Crippen LogP contribution in [0, 0.1) is 17.8 Å². The van der Waals surface area contributed by atoms with Gasteiger partial charge in [0.2, 0.25) is 12.7 Å². The minimum absolute atomic E-state index is 0.0280. The van der Waals surface area contributed by atoms with Crippen molar-refractivity contribution in [1.29, 1.82) is 0 Å². The van der Waals surface area contributed by atoms with Gasteiger partial charge in [-0.2, -0.15) is 0 Å². The van der Waals surface area contributed by atoms with Gasteiger partial charge in [0.25, 0.3) is 0 Å². The van der Waals surface area contributed by atoms with E-state index in [2.05, 4.69) is 0 Å². The number of allylic oxidation sites excluding steroid dienone is 1. The van der Waals surface area contributed by atoms with Gasteiger partial charge in [-0.25, -0.2) is 0 Å². The van der Waals surface area contributed by atoms with Crippen LogP contribution in [0.4, 0.5) is 0 Å². The SMILES string of the molecule is NC(=O)C1C(=O)[C@@]2(O)C(O)=C3C(=O)c4c(O)ccc(-c5ccc6c(c5)OCO6)c4C[C@H]3C[C@H]2CC1O. The van der Waals surface area contributed by atoms with Crippen LogP contribution in [0.15, 0.2) is 41.7 Å². The van der Waals surface area contributed by atoms with Gasteiger partial charge >= 0.3 is 0 Å². The van der Waals surface area contributed by atoms with Crippen molar-refractivity contribution in [3.05, 3.63) is 52.8 Å². The molecule has 6 N–H and O–H groups in total. The summed E-state index contributed by atoms with van der Waals surface area (Å²) in [4.78, 5) is 38.6.